The Kier molecular flexibility index (Phi) is 3.60. The van der Waals surface area contributed by atoms with Crippen LogP contribution in [0.5, 0.6) is 0 Å². The molecule has 2 N–H and O–H groups in total. The molecule has 2 nitrogen and oxygen atoms in total. The second-order valence-corrected chi connectivity index (χ2v) is 4.87. The van der Waals surface area contributed by atoms with Crippen molar-refractivity contribution in [2.24, 2.45) is 0 Å². The van der Waals surface area contributed by atoms with Gasteiger partial charge in [-0.05, 0) is 42.8 Å². The molecule has 4 heteroatoms. The van der Waals surface area contributed by atoms with Crippen LogP contribution in [0.1, 0.15) is 21.5 Å². The number of ketones is 1. The largest absolute Gasteiger partial charge is 0.398 e. The van der Waals surface area contributed by atoms with Crippen molar-refractivity contribution >= 4 is 34.7 Å². The number of hydrogen-bond acceptors (Lipinski definition) is 2. The van der Waals surface area contributed by atoms with E-state index in [1.165, 1.54) is 0 Å². The summed E-state index contributed by atoms with van der Waals surface area (Å²) in [5, 5.41) is 0.908. The van der Waals surface area contributed by atoms with Crippen LogP contribution in [0, 0.1) is 6.92 Å². The van der Waals surface area contributed by atoms with Crippen molar-refractivity contribution in [3.05, 3.63) is 63.1 Å². The van der Waals surface area contributed by atoms with Crippen LogP contribution in [0.4, 0.5) is 5.69 Å². The highest BCUT2D eigenvalue weighted by Crippen LogP contribution is 2.23. The Morgan fingerprint density at radius 1 is 1.11 bits per heavy atom. The molecule has 92 valence electrons. The third kappa shape index (κ3) is 2.50. The number of aryl methyl sites for hydroxylation is 1. The first-order valence-electron chi connectivity index (χ1n) is 5.35. The highest BCUT2D eigenvalue weighted by Gasteiger charge is 2.13. The monoisotopic (exact) mass is 279 g/mol. The maximum Gasteiger partial charge on any atom is 0.193 e. The molecule has 0 fully saturated rings. The average Bonchev–Trinajstić information content (AvgIpc) is 2.35. The zero-order valence-electron chi connectivity index (χ0n) is 9.71. The SMILES string of the molecule is Cc1ccc(Cl)cc1C(=O)c1ccc(N)c(Cl)c1. The fraction of sp³-hybridized carbons (Fsp3) is 0.0714. The van der Waals surface area contributed by atoms with Gasteiger partial charge in [0.25, 0.3) is 0 Å². The first-order valence-corrected chi connectivity index (χ1v) is 6.10. The Balaban J connectivity index is 2.47. The first-order chi connectivity index (χ1) is 8.49. The van der Waals surface area contributed by atoms with E-state index in [0.717, 1.165) is 5.56 Å². The van der Waals surface area contributed by atoms with Crippen molar-refractivity contribution in [3.63, 3.8) is 0 Å². The normalized spacial score (nSPS) is 10.4. The summed E-state index contributed by atoms with van der Waals surface area (Å²) in [6, 6.07) is 10.1. The molecule has 18 heavy (non-hydrogen) atoms. The van der Waals surface area contributed by atoms with Gasteiger partial charge >= 0.3 is 0 Å². The fourth-order valence-electron chi connectivity index (χ4n) is 1.66. The number of halogens is 2. The Morgan fingerprint density at radius 3 is 2.50 bits per heavy atom. The van der Waals surface area contributed by atoms with Crippen LogP contribution in [-0.2, 0) is 0 Å². The highest BCUT2D eigenvalue weighted by molar-refractivity contribution is 6.33. The van der Waals surface area contributed by atoms with E-state index in [4.69, 9.17) is 28.9 Å². The predicted molar refractivity (Wildman–Crippen MR) is 75.5 cm³/mol. The highest BCUT2D eigenvalue weighted by atomic mass is 35.5. The average molecular weight is 280 g/mol. The van der Waals surface area contributed by atoms with Gasteiger partial charge in [0, 0.05) is 16.1 Å². The van der Waals surface area contributed by atoms with E-state index >= 15 is 0 Å². The molecule has 2 aromatic carbocycles. The summed E-state index contributed by atoms with van der Waals surface area (Å²) in [5.74, 6) is -0.114. The minimum Gasteiger partial charge on any atom is -0.398 e. The molecule has 0 spiro atoms. The smallest absolute Gasteiger partial charge is 0.193 e. The Labute approximate surface area is 115 Å². The van der Waals surface area contributed by atoms with Gasteiger partial charge in [-0.15, -0.1) is 0 Å². The Morgan fingerprint density at radius 2 is 1.83 bits per heavy atom. The van der Waals surface area contributed by atoms with Gasteiger partial charge in [0.2, 0.25) is 0 Å². The molecule has 0 radical (unpaired) electrons. The van der Waals surface area contributed by atoms with E-state index in [-0.39, 0.29) is 5.78 Å². The van der Waals surface area contributed by atoms with Crippen LogP contribution < -0.4 is 5.73 Å². The van der Waals surface area contributed by atoms with E-state index in [0.29, 0.717) is 26.9 Å². The van der Waals surface area contributed by atoms with Crippen LogP contribution in [0.2, 0.25) is 10.0 Å². The predicted octanol–water partition coefficient (Wildman–Crippen LogP) is 4.12. The lowest BCUT2D eigenvalue weighted by Crippen LogP contribution is -2.04. The van der Waals surface area contributed by atoms with Crippen molar-refractivity contribution in [2.75, 3.05) is 5.73 Å². The quantitative estimate of drug-likeness (QED) is 0.664. The van der Waals surface area contributed by atoms with Gasteiger partial charge in [0.15, 0.2) is 5.78 Å². The fourth-order valence-corrected chi connectivity index (χ4v) is 2.02. The van der Waals surface area contributed by atoms with Crippen LogP contribution in [0.3, 0.4) is 0 Å². The minimum absolute atomic E-state index is 0.114. The molecule has 2 rings (SSSR count). The summed E-state index contributed by atoms with van der Waals surface area (Å²) in [7, 11) is 0. The molecule has 0 bridgehead atoms. The lowest BCUT2D eigenvalue weighted by atomic mass is 9.99. The van der Waals surface area contributed by atoms with Crippen molar-refractivity contribution in [1.29, 1.82) is 0 Å². The van der Waals surface area contributed by atoms with E-state index in [9.17, 15) is 4.79 Å². The number of carbonyl (C=O) groups excluding carboxylic acids is 1. The third-order valence-corrected chi connectivity index (χ3v) is 3.27. The molecular formula is C14H11Cl2NO. The number of nitrogen functional groups attached to an aromatic ring is 1. The van der Waals surface area contributed by atoms with Crippen LogP contribution >= 0.6 is 23.2 Å². The summed E-state index contributed by atoms with van der Waals surface area (Å²) in [4.78, 5) is 12.3. The number of nitrogens with two attached hydrogens (primary N) is 1. The Bertz CT molecular complexity index is 623. The summed E-state index contributed by atoms with van der Waals surface area (Å²) in [5.41, 5.74) is 8.02. The van der Waals surface area contributed by atoms with Crippen molar-refractivity contribution in [3.8, 4) is 0 Å². The number of hydrogen-bond donors (Lipinski definition) is 1. The van der Waals surface area contributed by atoms with Gasteiger partial charge in [0.05, 0.1) is 10.7 Å². The van der Waals surface area contributed by atoms with Crippen LogP contribution in [0.25, 0.3) is 0 Å². The Hall–Kier alpha value is -1.51. The van der Waals surface area contributed by atoms with Gasteiger partial charge in [-0.25, -0.2) is 0 Å². The van der Waals surface area contributed by atoms with E-state index in [1.807, 2.05) is 13.0 Å². The molecule has 0 heterocycles. The van der Waals surface area contributed by atoms with Gasteiger partial charge in [0.1, 0.15) is 0 Å². The van der Waals surface area contributed by atoms with Gasteiger partial charge in [-0.2, -0.15) is 0 Å². The number of rotatable bonds is 2. The lowest BCUT2D eigenvalue weighted by molar-refractivity contribution is 0.103. The van der Waals surface area contributed by atoms with E-state index < -0.39 is 0 Å². The molecule has 0 aliphatic heterocycles. The molecule has 0 aliphatic carbocycles. The lowest BCUT2D eigenvalue weighted by Gasteiger charge is -2.07. The maximum absolute atomic E-state index is 12.3. The number of benzene rings is 2. The third-order valence-electron chi connectivity index (χ3n) is 2.71. The van der Waals surface area contributed by atoms with Crippen molar-refractivity contribution in [2.45, 2.75) is 6.92 Å². The maximum atomic E-state index is 12.3. The molecule has 0 saturated heterocycles. The molecule has 0 saturated carbocycles. The molecule has 0 unspecified atom stereocenters. The molecule has 0 aliphatic rings. The van der Waals surface area contributed by atoms with E-state index in [2.05, 4.69) is 0 Å². The standard InChI is InChI=1S/C14H11Cl2NO/c1-8-2-4-10(15)7-11(8)14(18)9-3-5-13(17)12(16)6-9/h2-7H,17H2,1H3. The molecule has 0 amide bonds. The summed E-state index contributed by atoms with van der Waals surface area (Å²) >= 11 is 11.8. The molecule has 2 aromatic rings. The van der Waals surface area contributed by atoms with Crippen molar-refractivity contribution < 1.29 is 4.79 Å². The molecular weight excluding hydrogens is 269 g/mol. The minimum atomic E-state index is -0.114. The van der Waals surface area contributed by atoms with Crippen molar-refractivity contribution in [1.82, 2.24) is 0 Å². The number of carbonyl (C=O) groups is 1. The summed E-state index contributed by atoms with van der Waals surface area (Å²) in [6.45, 7) is 1.86. The van der Waals surface area contributed by atoms with Gasteiger partial charge < -0.3 is 5.73 Å². The second kappa shape index (κ2) is 5.01. The zero-order valence-corrected chi connectivity index (χ0v) is 11.2. The second-order valence-electron chi connectivity index (χ2n) is 4.02. The van der Waals surface area contributed by atoms with Gasteiger partial charge in [-0.1, -0.05) is 29.3 Å². The molecule has 0 atom stereocenters. The number of anilines is 1. The topological polar surface area (TPSA) is 43.1 Å². The molecule has 0 aromatic heterocycles. The summed E-state index contributed by atoms with van der Waals surface area (Å²) in [6.07, 6.45) is 0. The zero-order chi connectivity index (χ0) is 13.3. The van der Waals surface area contributed by atoms with E-state index in [1.54, 1.807) is 30.3 Å². The summed E-state index contributed by atoms with van der Waals surface area (Å²) < 4.78 is 0. The van der Waals surface area contributed by atoms with Crippen LogP contribution in [0.15, 0.2) is 36.4 Å². The van der Waals surface area contributed by atoms with Gasteiger partial charge in [-0.3, -0.25) is 4.79 Å². The van der Waals surface area contributed by atoms with Crippen LogP contribution in [-0.4, -0.2) is 5.78 Å². The first kappa shape index (κ1) is 12.9.